The summed E-state index contributed by atoms with van der Waals surface area (Å²) in [4.78, 5) is 11.6. The Labute approximate surface area is 95.9 Å². The molecule has 0 spiro atoms. The molecule has 0 aromatic heterocycles. The molecule has 1 aromatic carbocycles. The summed E-state index contributed by atoms with van der Waals surface area (Å²) in [5.74, 6) is -0.436. The van der Waals surface area contributed by atoms with Gasteiger partial charge in [0.1, 0.15) is 11.5 Å². The zero-order chi connectivity index (χ0) is 10.9. The van der Waals surface area contributed by atoms with Crippen molar-refractivity contribution in [2.45, 2.75) is 13.8 Å². The molecule has 0 radical (unpaired) electrons. The fourth-order valence-corrected chi connectivity index (χ4v) is 1.53. The second-order valence-corrected chi connectivity index (χ2v) is 4.39. The highest BCUT2D eigenvalue weighted by Crippen LogP contribution is 2.32. The smallest absolute Gasteiger partial charge is 0.169 e. The number of phenols is 2. The Morgan fingerprint density at radius 2 is 1.93 bits per heavy atom. The van der Waals surface area contributed by atoms with Crippen molar-refractivity contribution in [1.82, 2.24) is 0 Å². The number of hydrogen-bond donors (Lipinski definition) is 2. The van der Waals surface area contributed by atoms with Crippen molar-refractivity contribution in [1.29, 1.82) is 0 Å². The predicted octanol–water partition coefficient (Wildman–Crippen LogP) is 2.54. The third-order valence-electron chi connectivity index (χ3n) is 1.89. The van der Waals surface area contributed by atoms with Crippen LogP contribution < -0.4 is 0 Å². The highest BCUT2D eigenvalue weighted by Gasteiger charge is 2.18. The summed E-state index contributed by atoms with van der Waals surface area (Å²) < 4.78 is 0.314. The number of rotatable bonds is 2. The van der Waals surface area contributed by atoms with Gasteiger partial charge in [0.25, 0.3) is 0 Å². The van der Waals surface area contributed by atoms with Gasteiger partial charge in [0, 0.05) is 5.92 Å². The summed E-state index contributed by atoms with van der Waals surface area (Å²) in [6, 6.07) is 2.85. The lowest BCUT2D eigenvalue weighted by molar-refractivity contribution is 0.0936. The van der Waals surface area contributed by atoms with Crippen LogP contribution in [0.25, 0.3) is 0 Å². The fourth-order valence-electron chi connectivity index (χ4n) is 1.06. The first-order valence-corrected chi connectivity index (χ1v) is 5.27. The predicted molar refractivity (Wildman–Crippen MR) is 61.7 cm³/mol. The number of carbonyl (C=O) groups is 1. The number of carbonyl (C=O) groups excluding carboxylic acids is 1. The van der Waals surface area contributed by atoms with Crippen molar-refractivity contribution in [3.8, 4) is 11.5 Å². The second kappa shape index (κ2) is 4.16. The van der Waals surface area contributed by atoms with Crippen LogP contribution in [0.15, 0.2) is 12.1 Å². The maximum absolute atomic E-state index is 11.6. The van der Waals surface area contributed by atoms with Crippen LogP contribution in [-0.4, -0.2) is 16.0 Å². The van der Waals surface area contributed by atoms with Gasteiger partial charge in [-0.2, -0.15) is 0 Å². The number of ketones is 1. The van der Waals surface area contributed by atoms with E-state index >= 15 is 0 Å². The van der Waals surface area contributed by atoms with Crippen LogP contribution in [0, 0.1) is 9.49 Å². The lowest BCUT2D eigenvalue weighted by Crippen LogP contribution is -2.07. The topological polar surface area (TPSA) is 57.5 Å². The van der Waals surface area contributed by atoms with E-state index < -0.39 is 0 Å². The van der Waals surface area contributed by atoms with E-state index in [1.165, 1.54) is 12.1 Å². The average Bonchev–Trinajstić information content (AvgIpc) is 2.13. The molecule has 0 unspecified atom stereocenters. The molecule has 0 saturated carbocycles. The van der Waals surface area contributed by atoms with Crippen LogP contribution in [0.3, 0.4) is 0 Å². The van der Waals surface area contributed by atoms with Crippen molar-refractivity contribution in [2.75, 3.05) is 0 Å². The second-order valence-electron chi connectivity index (χ2n) is 3.31. The van der Waals surface area contributed by atoms with Gasteiger partial charge >= 0.3 is 0 Å². The van der Waals surface area contributed by atoms with E-state index in [4.69, 9.17) is 0 Å². The van der Waals surface area contributed by atoms with Gasteiger partial charge < -0.3 is 10.2 Å². The molecule has 76 valence electrons. The molecule has 4 heteroatoms. The minimum Gasteiger partial charge on any atom is -0.507 e. The minimum absolute atomic E-state index is 0.0107. The number of Topliss-reactive ketones (excluding diaryl/α,β-unsaturated/α-hetero) is 1. The standard InChI is InChI=1S/C10H11IO3/c1-5(2)9(13)6-3-4-7(12)8(11)10(6)14/h3-5,12,14H,1-2H3. The van der Waals surface area contributed by atoms with E-state index in [9.17, 15) is 15.0 Å². The Hall–Kier alpha value is -0.780. The van der Waals surface area contributed by atoms with Crippen molar-refractivity contribution in [2.24, 2.45) is 5.92 Å². The Morgan fingerprint density at radius 3 is 2.43 bits per heavy atom. The van der Waals surface area contributed by atoms with Crippen molar-refractivity contribution >= 4 is 28.4 Å². The van der Waals surface area contributed by atoms with Crippen LogP contribution in [0.2, 0.25) is 0 Å². The molecule has 0 bridgehead atoms. The zero-order valence-corrected chi connectivity index (χ0v) is 10.1. The van der Waals surface area contributed by atoms with E-state index in [2.05, 4.69) is 0 Å². The van der Waals surface area contributed by atoms with E-state index in [-0.39, 0.29) is 28.8 Å². The molecule has 0 aliphatic carbocycles. The molecule has 0 atom stereocenters. The van der Waals surface area contributed by atoms with Crippen molar-refractivity contribution in [3.63, 3.8) is 0 Å². The van der Waals surface area contributed by atoms with Crippen LogP contribution in [0.5, 0.6) is 11.5 Å². The minimum atomic E-state index is -0.166. The van der Waals surface area contributed by atoms with Gasteiger partial charge in [-0.25, -0.2) is 0 Å². The largest absolute Gasteiger partial charge is 0.507 e. The Balaban J connectivity index is 3.24. The summed E-state index contributed by atoms with van der Waals surface area (Å²) >= 11 is 1.80. The summed E-state index contributed by atoms with van der Waals surface area (Å²) in [5.41, 5.74) is 0.266. The molecule has 1 aromatic rings. The molecule has 0 amide bonds. The molecule has 14 heavy (non-hydrogen) atoms. The molecular weight excluding hydrogens is 295 g/mol. The molecule has 1 rings (SSSR count). The Kier molecular flexibility index (Phi) is 3.36. The van der Waals surface area contributed by atoms with Crippen molar-refractivity contribution in [3.05, 3.63) is 21.3 Å². The summed E-state index contributed by atoms with van der Waals surface area (Å²) in [5, 5.41) is 18.9. The SMILES string of the molecule is CC(C)C(=O)c1ccc(O)c(I)c1O. The molecule has 0 saturated heterocycles. The Morgan fingerprint density at radius 1 is 1.36 bits per heavy atom. The van der Waals surface area contributed by atoms with Gasteiger partial charge in [0.15, 0.2) is 5.78 Å². The molecule has 0 aliphatic heterocycles. The summed E-state index contributed by atoms with van der Waals surface area (Å²) in [7, 11) is 0. The highest BCUT2D eigenvalue weighted by molar-refractivity contribution is 14.1. The maximum Gasteiger partial charge on any atom is 0.169 e. The fraction of sp³-hybridized carbons (Fsp3) is 0.300. The molecule has 3 nitrogen and oxygen atoms in total. The monoisotopic (exact) mass is 306 g/mol. The van der Waals surface area contributed by atoms with E-state index in [1.807, 2.05) is 0 Å². The van der Waals surface area contributed by atoms with Crippen LogP contribution in [0.4, 0.5) is 0 Å². The molecule has 0 aliphatic rings. The van der Waals surface area contributed by atoms with Gasteiger partial charge in [0.2, 0.25) is 0 Å². The van der Waals surface area contributed by atoms with Gasteiger partial charge in [-0.3, -0.25) is 4.79 Å². The third-order valence-corrected chi connectivity index (χ3v) is 2.95. The molecular formula is C10H11IO3. The highest BCUT2D eigenvalue weighted by atomic mass is 127. The van der Waals surface area contributed by atoms with E-state index in [0.717, 1.165) is 0 Å². The Bertz CT molecular complexity index is 372. The zero-order valence-electron chi connectivity index (χ0n) is 7.91. The average molecular weight is 306 g/mol. The summed E-state index contributed by atoms with van der Waals surface area (Å²) in [6.45, 7) is 3.53. The first-order valence-electron chi connectivity index (χ1n) is 4.19. The van der Waals surface area contributed by atoms with Gasteiger partial charge in [-0.1, -0.05) is 13.8 Å². The number of aromatic hydroxyl groups is 2. The van der Waals surface area contributed by atoms with Crippen LogP contribution in [0.1, 0.15) is 24.2 Å². The van der Waals surface area contributed by atoms with Gasteiger partial charge in [-0.05, 0) is 34.7 Å². The van der Waals surface area contributed by atoms with E-state index in [1.54, 1.807) is 36.4 Å². The lowest BCUT2D eigenvalue weighted by Gasteiger charge is -2.08. The lowest BCUT2D eigenvalue weighted by atomic mass is 10.0. The number of benzene rings is 1. The molecule has 2 N–H and O–H groups in total. The number of hydrogen-bond acceptors (Lipinski definition) is 3. The first-order chi connectivity index (χ1) is 6.45. The summed E-state index contributed by atoms with van der Waals surface area (Å²) in [6.07, 6.45) is 0. The quantitative estimate of drug-likeness (QED) is 0.652. The van der Waals surface area contributed by atoms with Gasteiger partial charge in [-0.15, -0.1) is 0 Å². The van der Waals surface area contributed by atoms with Gasteiger partial charge in [0.05, 0.1) is 9.13 Å². The normalized spacial score (nSPS) is 10.6. The molecule has 0 fully saturated rings. The number of halogens is 1. The van der Waals surface area contributed by atoms with E-state index in [0.29, 0.717) is 3.57 Å². The molecule has 0 heterocycles. The first kappa shape index (κ1) is 11.3. The third kappa shape index (κ3) is 2.00. The maximum atomic E-state index is 11.6. The van der Waals surface area contributed by atoms with Crippen LogP contribution in [-0.2, 0) is 0 Å². The van der Waals surface area contributed by atoms with Crippen molar-refractivity contribution < 1.29 is 15.0 Å². The van der Waals surface area contributed by atoms with Crippen LogP contribution >= 0.6 is 22.6 Å². The number of phenolic OH excluding ortho intramolecular Hbond substituents is 2.